The third-order valence-electron chi connectivity index (χ3n) is 2.00. The van der Waals surface area contributed by atoms with Crippen molar-refractivity contribution in [3.63, 3.8) is 0 Å². The molecule has 0 spiro atoms. The van der Waals surface area contributed by atoms with Crippen LogP contribution in [0.1, 0.15) is 12.0 Å². The van der Waals surface area contributed by atoms with Gasteiger partial charge >= 0.3 is 0 Å². The summed E-state index contributed by atoms with van der Waals surface area (Å²) in [6.07, 6.45) is 3.82. The topological polar surface area (TPSA) is 0 Å². The number of hydrogen-bond donors (Lipinski definition) is 0. The van der Waals surface area contributed by atoms with E-state index in [0.29, 0.717) is 0 Å². The van der Waals surface area contributed by atoms with Crippen molar-refractivity contribution >= 4 is 0 Å². The number of allylic oxidation sites excluding steroid dienone is 2. The lowest BCUT2D eigenvalue weighted by molar-refractivity contribution is 0.968. The van der Waals surface area contributed by atoms with Crippen LogP contribution in [0.25, 0.3) is 0 Å². The van der Waals surface area contributed by atoms with Gasteiger partial charge in [-0.2, -0.15) is 0 Å². The minimum Gasteiger partial charge on any atom is -0.125 e. The quantitative estimate of drug-likeness (QED) is 0.479. The molecular formula is C13H14. The molecule has 1 rings (SSSR count). The summed E-state index contributed by atoms with van der Waals surface area (Å²) in [5, 5.41) is 0. The third-order valence-corrected chi connectivity index (χ3v) is 2.00. The van der Waals surface area contributed by atoms with Crippen LogP contribution in [0.4, 0.5) is 0 Å². The highest BCUT2D eigenvalue weighted by molar-refractivity contribution is 5.20. The molecule has 0 unspecified atom stereocenters. The van der Waals surface area contributed by atoms with E-state index in [4.69, 9.17) is 0 Å². The Morgan fingerprint density at radius 2 is 2.00 bits per heavy atom. The lowest BCUT2D eigenvalue weighted by Gasteiger charge is -1.99. The molecule has 0 aliphatic rings. The van der Waals surface area contributed by atoms with Crippen LogP contribution < -0.4 is 0 Å². The van der Waals surface area contributed by atoms with E-state index in [1.807, 2.05) is 12.1 Å². The zero-order valence-corrected chi connectivity index (χ0v) is 7.79. The van der Waals surface area contributed by atoms with Gasteiger partial charge in [-0.05, 0) is 24.0 Å². The van der Waals surface area contributed by atoms with E-state index < -0.39 is 0 Å². The number of rotatable bonds is 4. The first-order valence-corrected chi connectivity index (χ1v) is 4.42. The van der Waals surface area contributed by atoms with Crippen molar-refractivity contribution < 1.29 is 0 Å². The largest absolute Gasteiger partial charge is 0.125 e. The molecule has 0 nitrogen and oxygen atoms in total. The van der Waals surface area contributed by atoms with Crippen LogP contribution in [0.3, 0.4) is 0 Å². The summed E-state index contributed by atoms with van der Waals surface area (Å²) in [6.45, 7) is 7.32. The smallest absolute Gasteiger partial charge is 0.00692 e. The Labute approximate surface area is 79.9 Å². The fourth-order valence-corrected chi connectivity index (χ4v) is 1.19. The normalized spacial score (nSPS) is 8.92. The lowest BCUT2D eigenvalue weighted by Crippen LogP contribution is -1.85. The van der Waals surface area contributed by atoms with E-state index in [1.54, 1.807) is 0 Å². The van der Waals surface area contributed by atoms with Crippen LogP contribution in [-0.2, 0) is 6.42 Å². The second-order valence-electron chi connectivity index (χ2n) is 2.89. The van der Waals surface area contributed by atoms with Gasteiger partial charge in [-0.25, -0.2) is 0 Å². The highest BCUT2D eigenvalue weighted by atomic mass is 14.0. The molecule has 0 bridgehead atoms. The van der Waals surface area contributed by atoms with E-state index in [1.165, 1.54) is 5.56 Å². The van der Waals surface area contributed by atoms with Crippen molar-refractivity contribution in [1.82, 2.24) is 0 Å². The molecule has 0 aliphatic carbocycles. The van der Waals surface area contributed by atoms with Crippen molar-refractivity contribution in [1.29, 1.82) is 0 Å². The second-order valence-corrected chi connectivity index (χ2v) is 2.89. The summed E-state index contributed by atoms with van der Waals surface area (Å²) in [7, 11) is 0. The van der Waals surface area contributed by atoms with Crippen molar-refractivity contribution in [2.45, 2.75) is 12.8 Å². The molecule has 1 aromatic rings. The summed E-state index contributed by atoms with van der Waals surface area (Å²) in [5.74, 6) is 0. The van der Waals surface area contributed by atoms with E-state index in [2.05, 4.69) is 43.2 Å². The summed E-state index contributed by atoms with van der Waals surface area (Å²) < 4.78 is 0. The van der Waals surface area contributed by atoms with Gasteiger partial charge < -0.3 is 0 Å². The fraction of sp³-hybridized carbons (Fsp3) is 0.154. The maximum absolute atomic E-state index is 3.70. The molecule has 0 atom stereocenters. The van der Waals surface area contributed by atoms with Crippen molar-refractivity contribution in [2.75, 3.05) is 0 Å². The Balaban J connectivity index is 2.53. The molecule has 0 fully saturated rings. The van der Waals surface area contributed by atoms with Gasteiger partial charge in [-0.15, -0.1) is 5.73 Å². The predicted octanol–water partition coefficient (Wildman–Crippen LogP) is 3.52. The predicted molar refractivity (Wildman–Crippen MR) is 57.6 cm³/mol. The molecular weight excluding hydrogens is 156 g/mol. The molecule has 0 aliphatic heterocycles. The molecule has 13 heavy (non-hydrogen) atoms. The van der Waals surface area contributed by atoms with Gasteiger partial charge in [0.25, 0.3) is 0 Å². The average Bonchev–Trinajstić information content (AvgIpc) is 2.21. The van der Waals surface area contributed by atoms with E-state index >= 15 is 0 Å². The van der Waals surface area contributed by atoms with Crippen LogP contribution in [0, 0.1) is 0 Å². The molecule has 0 saturated heterocycles. The standard InChI is InChI=1S/C13H14/c1-3-12(4-2)10-11-13-8-6-5-7-9-13/h3,5-9H,1-2,10-11H2. The van der Waals surface area contributed by atoms with Crippen LogP contribution >= 0.6 is 0 Å². The Bertz CT molecular complexity index is 313. The zero-order valence-electron chi connectivity index (χ0n) is 7.79. The van der Waals surface area contributed by atoms with Gasteiger partial charge in [0.05, 0.1) is 0 Å². The zero-order chi connectivity index (χ0) is 9.52. The van der Waals surface area contributed by atoms with Crippen LogP contribution in [0.5, 0.6) is 0 Å². The average molecular weight is 170 g/mol. The van der Waals surface area contributed by atoms with E-state index in [0.717, 1.165) is 18.4 Å². The minimum absolute atomic E-state index is 0.969. The van der Waals surface area contributed by atoms with E-state index in [-0.39, 0.29) is 0 Å². The molecule has 0 aromatic heterocycles. The SMILES string of the molecule is C=C=C(C=C)CCc1ccccc1. The molecule has 0 amide bonds. The molecule has 0 radical (unpaired) electrons. The first-order chi connectivity index (χ1) is 6.36. The monoisotopic (exact) mass is 170 g/mol. The van der Waals surface area contributed by atoms with Gasteiger partial charge in [0.15, 0.2) is 0 Å². The third kappa shape index (κ3) is 3.14. The summed E-state index contributed by atoms with van der Waals surface area (Å²) in [5.41, 5.74) is 5.30. The van der Waals surface area contributed by atoms with Gasteiger partial charge in [0.2, 0.25) is 0 Å². The fourth-order valence-electron chi connectivity index (χ4n) is 1.19. The molecule has 0 heterocycles. The Hall–Kier alpha value is -1.52. The first kappa shape index (κ1) is 9.57. The molecule has 66 valence electrons. The van der Waals surface area contributed by atoms with Crippen molar-refractivity contribution in [3.8, 4) is 0 Å². The van der Waals surface area contributed by atoms with Gasteiger partial charge in [-0.1, -0.05) is 49.6 Å². The second kappa shape index (κ2) is 5.18. The number of benzene rings is 1. The maximum Gasteiger partial charge on any atom is -0.00692 e. The van der Waals surface area contributed by atoms with Crippen molar-refractivity contribution in [3.05, 3.63) is 66.4 Å². The number of aryl methyl sites for hydroxylation is 1. The summed E-state index contributed by atoms with van der Waals surface area (Å²) in [6, 6.07) is 10.4. The van der Waals surface area contributed by atoms with Gasteiger partial charge in [0.1, 0.15) is 0 Å². The summed E-state index contributed by atoms with van der Waals surface area (Å²) >= 11 is 0. The Morgan fingerprint density at radius 1 is 1.31 bits per heavy atom. The van der Waals surface area contributed by atoms with Crippen molar-refractivity contribution in [2.24, 2.45) is 0 Å². The number of hydrogen-bond acceptors (Lipinski definition) is 0. The molecule has 0 N–H and O–H groups in total. The Morgan fingerprint density at radius 3 is 2.54 bits per heavy atom. The Kier molecular flexibility index (Phi) is 3.81. The maximum atomic E-state index is 3.70. The van der Waals surface area contributed by atoms with Crippen LogP contribution in [0.15, 0.2) is 60.9 Å². The van der Waals surface area contributed by atoms with Gasteiger partial charge in [0, 0.05) is 0 Å². The first-order valence-electron chi connectivity index (χ1n) is 4.42. The van der Waals surface area contributed by atoms with Gasteiger partial charge in [-0.3, -0.25) is 0 Å². The highest BCUT2D eigenvalue weighted by Crippen LogP contribution is 2.08. The highest BCUT2D eigenvalue weighted by Gasteiger charge is 1.93. The summed E-state index contributed by atoms with van der Waals surface area (Å²) in [4.78, 5) is 0. The molecule has 1 aromatic carbocycles. The molecule has 0 saturated carbocycles. The molecule has 0 heteroatoms. The lowest BCUT2D eigenvalue weighted by atomic mass is 10.1. The minimum atomic E-state index is 0.969. The van der Waals surface area contributed by atoms with E-state index in [9.17, 15) is 0 Å². The van der Waals surface area contributed by atoms with Crippen LogP contribution in [0.2, 0.25) is 0 Å². The van der Waals surface area contributed by atoms with Crippen LogP contribution in [-0.4, -0.2) is 0 Å².